The first-order valence-electron chi connectivity index (χ1n) is 9.07. The van der Waals surface area contributed by atoms with Crippen molar-refractivity contribution in [2.75, 3.05) is 12.4 Å². The Morgan fingerprint density at radius 2 is 1.89 bits per heavy atom. The lowest BCUT2D eigenvalue weighted by Crippen LogP contribution is -2.23. The average Bonchev–Trinajstić information content (AvgIpc) is 3.13. The maximum atomic E-state index is 12.8. The van der Waals surface area contributed by atoms with Gasteiger partial charge in [0.2, 0.25) is 5.78 Å². The van der Waals surface area contributed by atoms with Crippen LogP contribution in [0.25, 0.3) is 16.7 Å². The van der Waals surface area contributed by atoms with Crippen LogP contribution in [0, 0.1) is 0 Å². The number of hydrogen-bond acceptors (Lipinski definition) is 5. The van der Waals surface area contributed by atoms with Gasteiger partial charge in [-0.25, -0.2) is 0 Å². The summed E-state index contributed by atoms with van der Waals surface area (Å²) in [6, 6.07) is 15.0. The molecule has 6 nitrogen and oxygen atoms in total. The molecule has 28 heavy (non-hydrogen) atoms. The Morgan fingerprint density at radius 1 is 1.11 bits per heavy atom. The molecule has 0 amide bonds. The van der Waals surface area contributed by atoms with Crippen molar-refractivity contribution in [2.45, 2.75) is 25.0 Å². The molecular formula is C20H19ClN4O2S. The van der Waals surface area contributed by atoms with Crippen molar-refractivity contribution in [3.63, 3.8) is 0 Å². The van der Waals surface area contributed by atoms with Crippen molar-refractivity contribution in [2.24, 2.45) is 0 Å². The maximum Gasteiger partial charge on any atom is 0.262 e. The molecule has 0 radical (unpaired) electrons. The summed E-state index contributed by atoms with van der Waals surface area (Å²) >= 11 is 7.65. The summed E-state index contributed by atoms with van der Waals surface area (Å²) in [6.45, 7) is 3.12. The summed E-state index contributed by atoms with van der Waals surface area (Å²) in [5, 5.41) is 10.6. The molecule has 4 aromatic rings. The van der Waals surface area contributed by atoms with E-state index in [1.54, 1.807) is 10.6 Å². The van der Waals surface area contributed by atoms with E-state index < -0.39 is 0 Å². The lowest BCUT2D eigenvalue weighted by molar-refractivity contribution is 0.344. The first kappa shape index (κ1) is 18.8. The van der Waals surface area contributed by atoms with Crippen LogP contribution in [-0.4, -0.2) is 31.5 Å². The Morgan fingerprint density at radius 3 is 2.71 bits per heavy atom. The number of benzene rings is 2. The number of nitrogens with zero attached hydrogens (tertiary/aromatic N) is 4. The summed E-state index contributed by atoms with van der Waals surface area (Å²) in [5.74, 6) is 1.91. The third-order valence-electron chi connectivity index (χ3n) is 4.33. The number of aromatic nitrogens is 4. The average molecular weight is 415 g/mol. The van der Waals surface area contributed by atoms with Crippen LogP contribution in [0.1, 0.15) is 13.3 Å². The number of aryl methyl sites for hydroxylation is 1. The van der Waals surface area contributed by atoms with Crippen LogP contribution in [0.2, 0.25) is 5.02 Å². The molecule has 0 bridgehead atoms. The van der Waals surface area contributed by atoms with E-state index in [1.165, 1.54) is 11.8 Å². The molecule has 0 saturated heterocycles. The third-order valence-corrected chi connectivity index (χ3v) is 5.54. The van der Waals surface area contributed by atoms with Crippen LogP contribution in [0.15, 0.2) is 58.5 Å². The van der Waals surface area contributed by atoms with Crippen LogP contribution >= 0.6 is 23.4 Å². The molecule has 0 aliphatic carbocycles. The smallest absolute Gasteiger partial charge is 0.262 e. The first-order chi connectivity index (χ1) is 13.7. The Bertz CT molecular complexity index is 1190. The van der Waals surface area contributed by atoms with E-state index in [4.69, 9.17) is 16.3 Å². The van der Waals surface area contributed by atoms with E-state index in [9.17, 15) is 4.79 Å². The van der Waals surface area contributed by atoms with Crippen LogP contribution in [0.5, 0.6) is 5.75 Å². The monoisotopic (exact) mass is 414 g/mol. The van der Waals surface area contributed by atoms with Gasteiger partial charge in [-0.3, -0.25) is 13.8 Å². The fourth-order valence-electron chi connectivity index (χ4n) is 3.10. The quantitative estimate of drug-likeness (QED) is 0.333. The zero-order valence-corrected chi connectivity index (χ0v) is 16.9. The zero-order chi connectivity index (χ0) is 19.5. The molecule has 4 rings (SSSR count). The second kappa shape index (κ2) is 8.24. The minimum Gasteiger partial charge on any atom is -0.491 e. The van der Waals surface area contributed by atoms with Gasteiger partial charge < -0.3 is 4.74 Å². The number of hydrogen-bond donors (Lipinski definition) is 0. The molecule has 0 spiro atoms. The standard InChI is InChI=1S/C20H19ClN4O2S/c1-2-11-24-18(26)14-7-3-5-9-16(14)25-19(24)22-23-20(25)28-13-12-27-17-10-6-4-8-15(17)21/h3-10H,2,11-13H2,1H3. The van der Waals surface area contributed by atoms with Crippen molar-refractivity contribution in [3.8, 4) is 5.75 Å². The molecular weight excluding hydrogens is 396 g/mol. The van der Waals surface area contributed by atoms with Gasteiger partial charge in [0.1, 0.15) is 5.75 Å². The molecule has 0 aliphatic heterocycles. The molecule has 8 heteroatoms. The molecule has 0 saturated carbocycles. The van der Waals surface area contributed by atoms with E-state index in [0.29, 0.717) is 40.8 Å². The minimum atomic E-state index is -0.0315. The van der Waals surface area contributed by atoms with Gasteiger partial charge in [0.25, 0.3) is 5.56 Å². The lowest BCUT2D eigenvalue weighted by Gasteiger charge is -2.10. The van der Waals surface area contributed by atoms with Gasteiger partial charge in [-0.15, -0.1) is 10.2 Å². The molecule has 0 atom stereocenters. The van der Waals surface area contributed by atoms with Crippen molar-refractivity contribution >= 4 is 40.0 Å². The van der Waals surface area contributed by atoms with Crippen LogP contribution in [0.4, 0.5) is 0 Å². The second-order valence-corrected chi connectivity index (χ2v) is 7.69. The molecule has 144 valence electrons. The van der Waals surface area contributed by atoms with E-state index in [1.807, 2.05) is 53.8 Å². The van der Waals surface area contributed by atoms with E-state index in [-0.39, 0.29) is 5.56 Å². The van der Waals surface area contributed by atoms with Gasteiger partial charge in [0.15, 0.2) is 5.16 Å². The molecule has 0 unspecified atom stereocenters. The Labute approximate surface area is 171 Å². The fourth-order valence-corrected chi connectivity index (χ4v) is 4.05. The first-order valence-corrected chi connectivity index (χ1v) is 10.4. The van der Waals surface area contributed by atoms with E-state index in [0.717, 1.165) is 17.1 Å². The maximum absolute atomic E-state index is 12.8. The number of para-hydroxylation sites is 2. The third kappa shape index (κ3) is 3.47. The number of ether oxygens (including phenoxy) is 1. The summed E-state index contributed by atoms with van der Waals surface area (Å²) in [7, 11) is 0. The highest BCUT2D eigenvalue weighted by atomic mass is 35.5. The molecule has 2 aromatic carbocycles. The minimum absolute atomic E-state index is 0.0315. The van der Waals surface area contributed by atoms with Crippen molar-refractivity contribution in [1.82, 2.24) is 19.2 Å². The number of thioether (sulfide) groups is 1. The number of halogens is 1. The van der Waals surface area contributed by atoms with Crippen molar-refractivity contribution in [3.05, 3.63) is 63.9 Å². The molecule has 0 N–H and O–H groups in total. The SMILES string of the molecule is CCCn1c(=O)c2ccccc2n2c(SCCOc3ccccc3Cl)nnc12. The predicted molar refractivity (Wildman–Crippen MR) is 113 cm³/mol. The summed E-state index contributed by atoms with van der Waals surface area (Å²) in [5.41, 5.74) is 0.783. The van der Waals surface area contributed by atoms with Gasteiger partial charge in [0, 0.05) is 12.3 Å². The highest BCUT2D eigenvalue weighted by molar-refractivity contribution is 7.99. The number of fused-ring (bicyclic) bond motifs is 3. The largest absolute Gasteiger partial charge is 0.491 e. The summed E-state index contributed by atoms with van der Waals surface area (Å²) < 4.78 is 9.40. The van der Waals surface area contributed by atoms with Crippen molar-refractivity contribution < 1.29 is 4.74 Å². The fraction of sp³-hybridized carbons (Fsp3) is 0.250. The normalized spacial score (nSPS) is 11.4. The zero-order valence-electron chi connectivity index (χ0n) is 15.3. The molecule has 0 aliphatic rings. The Balaban J connectivity index is 1.63. The van der Waals surface area contributed by atoms with Gasteiger partial charge in [-0.05, 0) is 30.7 Å². The lowest BCUT2D eigenvalue weighted by atomic mass is 10.2. The van der Waals surface area contributed by atoms with Crippen molar-refractivity contribution in [1.29, 1.82) is 0 Å². The van der Waals surface area contributed by atoms with E-state index in [2.05, 4.69) is 10.2 Å². The summed E-state index contributed by atoms with van der Waals surface area (Å²) in [6.07, 6.45) is 0.842. The van der Waals surface area contributed by atoms with Crippen LogP contribution in [-0.2, 0) is 6.54 Å². The molecule has 2 aromatic heterocycles. The Kier molecular flexibility index (Phi) is 5.54. The van der Waals surface area contributed by atoms with Gasteiger partial charge in [-0.1, -0.05) is 54.6 Å². The highest BCUT2D eigenvalue weighted by Gasteiger charge is 2.16. The molecule has 0 fully saturated rings. The summed E-state index contributed by atoms with van der Waals surface area (Å²) in [4.78, 5) is 12.8. The van der Waals surface area contributed by atoms with E-state index >= 15 is 0 Å². The van der Waals surface area contributed by atoms with Gasteiger partial charge in [-0.2, -0.15) is 0 Å². The Hall–Kier alpha value is -2.51. The van der Waals surface area contributed by atoms with Gasteiger partial charge in [0.05, 0.1) is 22.5 Å². The highest BCUT2D eigenvalue weighted by Crippen LogP contribution is 2.25. The second-order valence-electron chi connectivity index (χ2n) is 6.22. The van der Waals surface area contributed by atoms with Crippen LogP contribution < -0.4 is 10.3 Å². The topological polar surface area (TPSA) is 61.4 Å². The number of rotatable bonds is 7. The predicted octanol–water partition coefficient (Wildman–Crippen LogP) is 4.28. The van der Waals surface area contributed by atoms with Gasteiger partial charge >= 0.3 is 0 Å². The van der Waals surface area contributed by atoms with Crippen LogP contribution in [0.3, 0.4) is 0 Å². The molecule has 2 heterocycles.